The second kappa shape index (κ2) is 8.87. The minimum atomic E-state index is -0.811. The fourth-order valence-electron chi connectivity index (χ4n) is 4.12. The molecule has 1 spiro atoms. The van der Waals surface area contributed by atoms with Gasteiger partial charge in [0.1, 0.15) is 11.8 Å². The van der Waals surface area contributed by atoms with Crippen molar-refractivity contribution >= 4 is 17.5 Å². The molecule has 1 aromatic rings. The highest BCUT2D eigenvalue weighted by atomic mass is 16.6. The number of benzene rings is 1. The molecule has 3 rings (SSSR count). The molecule has 1 saturated carbocycles. The largest absolute Gasteiger partial charge is 0.353 e. The Kier molecular flexibility index (Phi) is 6.49. The van der Waals surface area contributed by atoms with Crippen LogP contribution in [0.1, 0.15) is 42.5 Å². The molecule has 1 aromatic carbocycles. The predicted molar refractivity (Wildman–Crippen MR) is 106 cm³/mol. The second-order valence-electron chi connectivity index (χ2n) is 8.06. The normalized spacial score (nSPS) is 20.8. The summed E-state index contributed by atoms with van der Waals surface area (Å²) in [5, 5.41) is 14.0. The van der Waals surface area contributed by atoms with Crippen LogP contribution in [0.4, 0.5) is 5.69 Å². The molecular weight excluding hydrogens is 376 g/mol. The Morgan fingerprint density at radius 3 is 2.69 bits per heavy atom. The Labute approximate surface area is 170 Å². The number of hydrogen-bond donors (Lipinski definition) is 2. The lowest BCUT2D eigenvalue weighted by Gasteiger charge is -2.41. The molecule has 0 bridgehead atoms. The van der Waals surface area contributed by atoms with Crippen LogP contribution in [0.2, 0.25) is 0 Å². The molecule has 9 heteroatoms. The van der Waals surface area contributed by atoms with Crippen LogP contribution < -0.4 is 10.2 Å². The van der Waals surface area contributed by atoms with Crippen LogP contribution in [0.25, 0.3) is 0 Å². The van der Waals surface area contributed by atoms with Gasteiger partial charge in [-0.3, -0.25) is 24.6 Å². The Morgan fingerprint density at radius 2 is 2.03 bits per heavy atom. The van der Waals surface area contributed by atoms with E-state index < -0.39 is 22.6 Å². The molecule has 0 aromatic heterocycles. The van der Waals surface area contributed by atoms with Gasteiger partial charge >= 0.3 is 0 Å². The van der Waals surface area contributed by atoms with Crippen molar-refractivity contribution in [3.8, 4) is 0 Å². The number of ether oxygens (including phenoxy) is 1. The fourth-order valence-corrected chi connectivity index (χ4v) is 4.12. The molecule has 2 fully saturated rings. The Hall–Kier alpha value is -2.52. The molecule has 9 nitrogen and oxygen atoms in total. The third-order valence-corrected chi connectivity index (χ3v) is 5.65. The van der Waals surface area contributed by atoms with Gasteiger partial charge in [-0.05, 0) is 31.7 Å². The van der Waals surface area contributed by atoms with Gasteiger partial charge in [0.2, 0.25) is 5.91 Å². The maximum absolute atomic E-state index is 13.4. The topological polar surface area (TPSA) is 106 Å². The molecule has 2 N–H and O–H groups in total. The van der Waals surface area contributed by atoms with Gasteiger partial charge in [0.25, 0.3) is 11.6 Å². The highest BCUT2D eigenvalue weighted by Crippen LogP contribution is 2.41. The van der Waals surface area contributed by atoms with Gasteiger partial charge in [-0.15, -0.1) is 0 Å². The van der Waals surface area contributed by atoms with Gasteiger partial charge in [0, 0.05) is 17.7 Å². The quantitative estimate of drug-likeness (QED) is 0.525. The van der Waals surface area contributed by atoms with Crippen molar-refractivity contribution in [1.82, 2.24) is 10.2 Å². The Bertz CT molecular complexity index is 776. The zero-order valence-corrected chi connectivity index (χ0v) is 17.0. The lowest BCUT2D eigenvalue weighted by molar-refractivity contribution is -0.856. The average molecular weight is 405 g/mol. The minimum absolute atomic E-state index is 0.140. The maximum Gasteiger partial charge on any atom is 0.270 e. The zero-order valence-electron chi connectivity index (χ0n) is 17.0. The number of nitrogens with one attached hydrogen (secondary N) is 2. The van der Waals surface area contributed by atoms with E-state index in [9.17, 15) is 19.7 Å². The van der Waals surface area contributed by atoms with Crippen LogP contribution in [0.5, 0.6) is 0 Å². The van der Waals surface area contributed by atoms with Crippen molar-refractivity contribution in [2.45, 2.75) is 43.9 Å². The summed E-state index contributed by atoms with van der Waals surface area (Å²) in [5.74, 6) is -0.640. The van der Waals surface area contributed by atoms with Crippen LogP contribution in [0.15, 0.2) is 24.3 Å². The van der Waals surface area contributed by atoms with Crippen LogP contribution in [-0.2, 0) is 9.53 Å². The first-order chi connectivity index (χ1) is 13.8. The van der Waals surface area contributed by atoms with Crippen molar-refractivity contribution in [2.24, 2.45) is 0 Å². The monoisotopic (exact) mass is 405 g/mol. The average Bonchev–Trinajstić information content (AvgIpc) is 3.06. The molecule has 0 radical (unpaired) electrons. The first-order valence-electron chi connectivity index (χ1n) is 10.1. The highest BCUT2D eigenvalue weighted by Gasteiger charge is 2.53. The van der Waals surface area contributed by atoms with Crippen molar-refractivity contribution in [3.05, 3.63) is 39.9 Å². The van der Waals surface area contributed by atoms with E-state index in [0.29, 0.717) is 19.4 Å². The Morgan fingerprint density at radius 1 is 1.31 bits per heavy atom. The first kappa shape index (κ1) is 21.2. The van der Waals surface area contributed by atoms with E-state index in [1.807, 2.05) is 14.1 Å². The third kappa shape index (κ3) is 4.56. The number of nitro benzene ring substituents is 1. The van der Waals surface area contributed by atoms with Crippen molar-refractivity contribution in [2.75, 3.05) is 33.8 Å². The smallest absolute Gasteiger partial charge is 0.270 e. The molecule has 1 saturated heterocycles. The summed E-state index contributed by atoms with van der Waals surface area (Å²) < 4.78 is 6.08. The summed E-state index contributed by atoms with van der Waals surface area (Å²) in [4.78, 5) is 39.7. The lowest BCUT2D eigenvalue weighted by Crippen LogP contribution is -3.06. The predicted octanol–water partition coefficient (Wildman–Crippen LogP) is 0.357. The third-order valence-electron chi connectivity index (χ3n) is 5.65. The number of amides is 2. The number of non-ortho nitro benzene ring substituents is 1. The molecule has 0 unspecified atom stereocenters. The summed E-state index contributed by atoms with van der Waals surface area (Å²) in [7, 11) is 4.00. The molecule has 1 aliphatic heterocycles. The van der Waals surface area contributed by atoms with Gasteiger partial charge in [0.05, 0.1) is 38.7 Å². The number of nitrogens with zero attached hydrogens (tertiary/aromatic N) is 2. The van der Waals surface area contributed by atoms with Crippen molar-refractivity contribution in [3.63, 3.8) is 0 Å². The van der Waals surface area contributed by atoms with Crippen molar-refractivity contribution < 1.29 is 24.1 Å². The molecule has 1 heterocycles. The molecule has 158 valence electrons. The van der Waals surface area contributed by atoms with Crippen LogP contribution >= 0.6 is 0 Å². The van der Waals surface area contributed by atoms with E-state index >= 15 is 0 Å². The lowest BCUT2D eigenvalue weighted by atomic mass is 9.89. The minimum Gasteiger partial charge on any atom is -0.353 e. The van der Waals surface area contributed by atoms with E-state index in [2.05, 4.69) is 5.32 Å². The van der Waals surface area contributed by atoms with E-state index in [1.54, 1.807) is 11.0 Å². The number of carbonyl (C=O) groups excluding carboxylic acids is 2. The molecule has 29 heavy (non-hydrogen) atoms. The summed E-state index contributed by atoms with van der Waals surface area (Å²) in [6.07, 6.45) is 4.22. The van der Waals surface area contributed by atoms with Crippen molar-refractivity contribution in [1.29, 1.82) is 0 Å². The molecule has 2 aliphatic rings. The molecular formula is C20H29N4O5+. The number of hydrogen-bond acceptors (Lipinski definition) is 5. The van der Waals surface area contributed by atoms with Crippen LogP contribution in [-0.4, -0.2) is 67.2 Å². The van der Waals surface area contributed by atoms with Gasteiger partial charge in [0.15, 0.2) is 0 Å². The summed E-state index contributed by atoms with van der Waals surface area (Å²) in [6, 6.07) is 4.92. The highest BCUT2D eigenvalue weighted by molar-refractivity contribution is 5.99. The number of quaternary nitrogens is 1. The summed E-state index contributed by atoms with van der Waals surface area (Å²) >= 11 is 0. The zero-order chi connectivity index (χ0) is 21.0. The summed E-state index contributed by atoms with van der Waals surface area (Å²) in [5.41, 5.74) is -0.761. The van der Waals surface area contributed by atoms with Gasteiger partial charge in [-0.2, -0.15) is 0 Å². The standard InChI is InChI=1S/C20H28N4O5/c1-22(2)12-11-21-18(25)17-14-29-20(9-4-3-5-10-20)23(17)19(26)15-7-6-8-16(13-15)24(27)28/h6-8,13,17H,3-5,9-12,14H2,1-2H3,(H,21,25)/p+1/t17-/m1/s1. The number of likely N-dealkylation sites (N-methyl/N-ethyl adjacent to an activating group) is 1. The SMILES string of the molecule is C[NH+](C)CCNC(=O)[C@H]1COC2(CCCCC2)N1C(=O)c1cccc([N+](=O)[O-])c1. The van der Waals surface area contributed by atoms with E-state index in [1.165, 1.54) is 23.1 Å². The maximum atomic E-state index is 13.4. The van der Waals surface area contributed by atoms with E-state index in [0.717, 1.165) is 25.8 Å². The van der Waals surface area contributed by atoms with E-state index in [4.69, 9.17) is 4.74 Å². The van der Waals surface area contributed by atoms with Gasteiger partial charge in [-0.1, -0.05) is 12.5 Å². The first-order valence-corrected chi connectivity index (χ1v) is 10.1. The van der Waals surface area contributed by atoms with Crippen LogP contribution in [0.3, 0.4) is 0 Å². The number of nitro groups is 1. The van der Waals surface area contributed by atoms with Crippen LogP contribution in [0, 0.1) is 10.1 Å². The Balaban J connectivity index is 1.87. The fraction of sp³-hybridized carbons (Fsp3) is 0.600. The molecule has 1 atom stereocenters. The van der Waals surface area contributed by atoms with Gasteiger partial charge < -0.3 is 15.0 Å². The molecule has 1 aliphatic carbocycles. The second-order valence-corrected chi connectivity index (χ2v) is 8.06. The van der Waals surface area contributed by atoms with Gasteiger partial charge in [-0.25, -0.2) is 0 Å². The van der Waals surface area contributed by atoms with E-state index in [-0.39, 0.29) is 23.8 Å². The number of carbonyl (C=O) groups is 2. The number of rotatable bonds is 6. The summed E-state index contributed by atoms with van der Waals surface area (Å²) in [6.45, 7) is 1.41. The molecule has 2 amide bonds.